The summed E-state index contributed by atoms with van der Waals surface area (Å²) in [5.74, 6) is 4.38. The summed E-state index contributed by atoms with van der Waals surface area (Å²) in [5, 5.41) is 3.70. The fourth-order valence-corrected chi connectivity index (χ4v) is 6.05. The molecular weight excluding hydrogens is 266 g/mol. The molecule has 3 rings (SSSR count). The Balaban J connectivity index is 1.64. The van der Waals surface area contributed by atoms with Crippen LogP contribution in [-0.2, 0) is 4.74 Å². The lowest BCUT2D eigenvalue weighted by Gasteiger charge is -2.47. The van der Waals surface area contributed by atoms with Crippen LogP contribution in [0.1, 0.15) is 57.8 Å². The Hall–Kier alpha value is 0.270. The average Bonchev–Trinajstić information content (AvgIpc) is 2.50. The molecule has 0 aromatic rings. The first-order valence-corrected chi connectivity index (χ1v) is 9.87. The van der Waals surface area contributed by atoms with E-state index in [2.05, 4.69) is 24.1 Å². The molecule has 20 heavy (non-hydrogen) atoms. The zero-order chi connectivity index (χ0) is 13.8. The van der Waals surface area contributed by atoms with Crippen LogP contribution in [-0.4, -0.2) is 36.8 Å². The zero-order valence-corrected chi connectivity index (χ0v) is 13.9. The molecule has 0 aromatic heterocycles. The lowest BCUT2D eigenvalue weighted by molar-refractivity contribution is -0.110. The smallest absolute Gasteiger partial charge is 0.0701 e. The van der Waals surface area contributed by atoms with Gasteiger partial charge in [0.2, 0.25) is 0 Å². The first-order valence-electron chi connectivity index (χ1n) is 8.72. The molecule has 2 heterocycles. The molecular formula is C17H31NOS. The first kappa shape index (κ1) is 15.2. The number of thioether (sulfide) groups is 1. The van der Waals surface area contributed by atoms with Gasteiger partial charge >= 0.3 is 0 Å². The van der Waals surface area contributed by atoms with E-state index < -0.39 is 0 Å². The molecule has 0 radical (unpaired) electrons. The highest BCUT2D eigenvalue weighted by molar-refractivity contribution is 7.99. The van der Waals surface area contributed by atoms with Crippen molar-refractivity contribution < 1.29 is 4.74 Å². The van der Waals surface area contributed by atoms with Crippen molar-refractivity contribution in [2.75, 3.05) is 25.2 Å². The van der Waals surface area contributed by atoms with Crippen molar-refractivity contribution in [2.45, 2.75) is 69.4 Å². The van der Waals surface area contributed by atoms with Crippen molar-refractivity contribution in [1.82, 2.24) is 5.32 Å². The van der Waals surface area contributed by atoms with Crippen molar-refractivity contribution in [2.24, 2.45) is 11.8 Å². The second-order valence-electron chi connectivity index (χ2n) is 7.11. The van der Waals surface area contributed by atoms with E-state index in [0.717, 1.165) is 24.5 Å². The molecule has 3 aliphatic rings. The fraction of sp³-hybridized carbons (Fsp3) is 1.00. The van der Waals surface area contributed by atoms with Crippen LogP contribution >= 0.6 is 11.8 Å². The van der Waals surface area contributed by atoms with Crippen LogP contribution in [0.3, 0.4) is 0 Å². The summed E-state index contributed by atoms with van der Waals surface area (Å²) in [4.78, 5) is 0. The first-order chi connectivity index (χ1) is 9.83. The van der Waals surface area contributed by atoms with Crippen LogP contribution in [0.4, 0.5) is 0 Å². The molecule has 2 nitrogen and oxygen atoms in total. The Bertz CT molecular complexity index is 292. The second kappa shape index (κ2) is 7.02. The van der Waals surface area contributed by atoms with Crippen LogP contribution in [0, 0.1) is 11.8 Å². The second-order valence-corrected chi connectivity index (χ2v) is 8.33. The number of rotatable bonds is 3. The number of ether oxygens (including phenoxy) is 1. The van der Waals surface area contributed by atoms with Gasteiger partial charge < -0.3 is 10.1 Å². The van der Waals surface area contributed by atoms with Crippen molar-refractivity contribution in [3.05, 3.63) is 0 Å². The molecule has 1 N–H and O–H groups in total. The van der Waals surface area contributed by atoms with Crippen molar-refractivity contribution >= 4 is 11.8 Å². The van der Waals surface area contributed by atoms with Gasteiger partial charge in [0, 0.05) is 12.6 Å². The van der Waals surface area contributed by atoms with Gasteiger partial charge in [-0.15, -0.1) is 0 Å². The van der Waals surface area contributed by atoms with Crippen LogP contribution in [0.2, 0.25) is 0 Å². The standard InChI is InChI=1S/C17H31NOS/c1-18-16(14-5-3-2-4-6-14)15-7-10-19-17(13-15)8-11-20-12-9-17/h14-16,18H,2-13H2,1H3. The normalized spacial score (nSPS) is 33.1. The van der Waals surface area contributed by atoms with Gasteiger partial charge in [-0.25, -0.2) is 0 Å². The number of hydrogen-bond donors (Lipinski definition) is 1. The molecule has 2 aliphatic heterocycles. The van der Waals surface area contributed by atoms with Gasteiger partial charge in [0.15, 0.2) is 0 Å². The van der Waals surface area contributed by atoms with Crippen molar-refractivity contribution in [3.63, 3.8) is 0 Å². The molecule has 3 heteroatoms. The summed E-state index contributed by atoms with van der Waals surface area (Å²) in [6.45, 7) is 1.00. The highest BCUT2D eigenvalue weighted by atomic mass is 32.2. The summed E-state index contributed by atoms with van der Waals surface area (Å²) >= 11 is 2.11. The molecule has 2 atom stereocenters. The molecule has 2 unspecified atom stereocenters. The van der Waals surface area contributed by atoms with Crippen LogP contribution in [0.5, 0.6) is 0 Å². The maximum Gasteiger partial charge on any atom is 0.0701 e. The highest BCUT2D eigenvalue weighted by Gasteiger charge is 2.42. The Morgan fingerprint density at radius 2 is 1.80 bits per heavy atom. The van der Waals surface area contributed by atoms with Gasteiger partial charge in [0.1, 0.15) is 0 Å². The van der Waals surface area contributed by atoms with Gasteiger partial charge in [-0.2, -0.15) is 11.8 Å². The van der Waals surface area contributed by atoms with Crippen molar-refractivity contribution in [3.8, 4) is 0 Å². The predicted octanol–water partition coefficient (Wildman–Crippen LogP) is 3.85. The van der Waals surface area contributed by atoms with Crippen molar-refractivity contribution in [1.29, 1.82) is 0 Å². The minimum absolute atomic E-state index is 0.248. The minimum atomic E-state index is 0.248. The summed E-state index contributed by atoms with van der Waals surface area (Å²) in [5.41, 5.74) is 0.248. The van der Waals surface area contributed by atoms with E-state index >= 15 is 0 Å². The van der Waals surface area contributed by atoms with Gasteiger partial charge in [0.05, 0.1) is 5.60 Å². The molecule has 1 aliphatic carbocycles. The Kier molecular flexibility index (Phi) is 5.33. The van der Waals surface area contributed by atoms with Gasteiger partial charge in [-0.1, -0.05) is 19.3 Å². The van der Waals surface area contributed by atoms with Gasteiger partial charge in [-0.3, -0.25) is 0 Å². The van der Waals surface area contributed by atoms with Gasteiger partial charge in [-0.05, 0) is 68.9 Å². The summed E-state index contributed by atoms with van der Waals surface area (Å²) in [6, 6.07) is 0.741. The van der Waals surface area contributed by atoms with Gasteiger partial charge in [0.25, 0.3) is 0 Å². The summed E-state index contributed by atoms with van der Waals surface area (Å²) < 4.78 is 6.28. The maximum atomic E-state index is 6.28. The van der Waals surface area contributed by atoms with E-state index in [1.807, 2.05) is 0 Å². The Labute approximate surface area is 128 Å². The largest absolute Gasteiger partial charge is 0.375 e. The van der Waals surface area contributed by atoms with Crippen LogP contribution in [0.15, 0.2) is 0 Å². The molecule has 1 spiro atoms. The predicted molar refractivity (Wildman–Crippen MR) is 87.4 cm³/mol. The Morgan fingerprint density at radius 1 is 1.05 bits per heavy atom. The lowest BCUT2D eigenvalue weighted by atomic mass is 9.72. The SMILES string of the molecule is CNC(C1CCCCC1)C1CCOC2(CCSCC2)C1. The van der Waals surface area contributed by atoms with E-state index in [1.165, 1.54) is 69.3 Å². The molecule has 0 bridgehead atoms. The summed E-state index contributed by atoms with van der Waals surface area (Å²) in [7, 11) is 2.19. The van der Waals surface area contributed by atoms with Crippen LogP contribution < -0.4 is 5.32 Å². The summed E-state index contributed by atoms with van der Waals surface area (Å²) in [6.07, 6.45) is 12.4. The number of hydrogen-bond acceptors (Lipinski definition) is 3. The molecule has 1 saturated carbocycles. The third-order valence-corrected chi connectivity index (χ3v) is 6.92. The fourth-order valence-electron chi connectivity index (χ4n) is 4.81. The van der Waals surface area contributed by atoms with Crippen LogP contribution in [0.25, 0.3) is 0 Å². The maximum absolute atomic E-state index is 6.28. The van der Waals surface area contributed by atoms with E-state index in [4.69, 9.17) is 4.74 Å². The highest BCUT2D eigenvalue weighted by Crippen LogP contribution is 2.43. The molecule has 0 amide bonds. The van der Waals surface area contributed by atoms with E-state index in [9.17, 15) is 0 Å². The molecule has 0 aromatic carbocycles. The third-order valence-electron chi connectivity index (χ3n) is 5.93. The quantitative estimate of drug-likeness (QED) is 0.855. The third kappa shape index (κ3) is 3.36. The zero-order valence-electron chi connectivity index (χ0n) is 13.0. The molecule has 3 fully saturated rings. The Morgan fingerprint density at radius 3 is 2.50 bits per heavy atom. The van der Waals surface area contributed by atoms with E-state index in [1.54, 1.807) is 0 Å². The van der Waals surface area contributed by atoms with E-state index in [0.29, 0.717) is 0 Å². The molecule has 116 valence electrons. The topological polar surface area (TPSA) is 21.3 Å². The lowest BCUT2D eigenvalue weighted by Crippen LogP contribution is -2.50. The average molecular weight is 298 g/mol. The van der Waals surface area contributed by atoms with E-state index in [-0.39, 0.29) is 5.60 Å². The monoisotopic (exact) mass is 297 g/mol. The molecule has 2 saturated heterocycles. The number of nitrogens with one attached hydrogen (secondary N) is 1. The minimum Gasteiger partial charge on any atom is -0.375 e.